The minimum Gasteiger partial charge on any atom is -0.313 e. The van der Waals surface area contributed by atoms with E-state index in [9.17, 15) is 0 Å². The van der Waals surface area contributed by atoms with Crippen LogP contribution in [0.25, 0.3) is 0 Å². The molecule has 1 atom stereocenters. The Hall–Kier alpha value is -0.860. The van der Waals surface area contributed by atoms with E-state index in [2.05, 4.69) is 48.5 Å². The summed E-state index contributed by atoms with van der Waals surface area (Å²) in [6.07, 6.45) is 2.67. The number of hydrogen-bond donors (Lipinski definition) is 1. The van der Waals surface area contributed by atoms with Crippen molar-refractivity contribution in [3.8, 4) is 0 Å². The zero-order valence-electron chi connectivity index (χ0n) is 10.4. The van der Waals surface area contributed by atoms with Gasteiger partial charge in [0.05, 0.1) is 0 Å². The zero-order chi connectivity index (χ0) is 11.4. The first kappa shape index (κ1) is 11.6. The first-order chi connectivity index (χ1) is 7.75. The third kappa shape index (κ3) is 3.06. The molecule has 0 aromatic heterocycles. The Morgan fingerprint density at radius 3 is 2.88 bits per heavy atom. The fraction of sp³-hybridized carbons (Fsp3) is 0.571. The Morgan fingerprint density at radius 2 is 2.19 bits per heavy atom. The van der Waals surface area contributed by atoms with Crippen LogP contribution in [0.4, 0.5) is 0 Å². The Kier molecular flexibility index (Phi) is 3.97. The molecule has 0 spiro atoms. The second kappa shape index (κ2) is 5.46. The Bertz CT molecular complexity index is 329. The molecule has 0 radical (unpaired) electrons. The molecule has 0 saturated carbocycles. The number of hydrogen-bond acceptors (Lipinski definition) is 2. The van der Waals surface area contributed by atoms with Gasteiger partial charge in [-0.3, -0.25) is 0 Å². The molecule has 0 amide bonds. The van der Waals surface area contributed by atoms with Crippen LogP contribution in [-0.2, 0) is 6.54 Å². The van der Waals surface area contributed by atoms with Crippen molar-refractivity contribution in [1.29, 1.82) is 0 Å². The molecule has 1 fully saturated rings. The first-order valence-electron chi connectivity index (χ1n) is 6.22. The number of likely N-dealkylation sites (N-methyl/N-ethyl adjacent to an activating group) is 1. The predicted octanol–water partition coefficient (Wildman–Crippen LogP) is 2.18. The van der Waals surface area contributed by atoms with Gasteiger partial charge in [-0.2, -0.15) is 0 Å². The van der Waals surface area contributed by atoms with Crippen molar-refractivity contribution in [3.63, 3.8) is 0 Å². The molecule has 1 aliphatic heterocycles. The molecule has 1 aliphatic rings. The van der Waals surface area contributed by atoms with Crippen molar-refractivity contribution in [2.24, 2.45) is 0 Å². The maximum atomic E-state index is 3.55. The van der Waals surface area contributed by atoms with Crippen LogP contribution in [0.15, 0.2) is 24.3 Å². The van der Waals surface area contributed by atoms with Crippen LogP contribution in [-0.4, -0.2) is 31.1 Å². The van der Waals surface area contributed by atoms with E-state index in [1.165, 1.54) is 30.5 Å². The average molecular weight is 218 g/mol. The second-order valence-electron chi connectivity index (χ2n) is 4.92. The Balaban J connectivity index is 1.86. The molecule has 2 rings (SSSR count). The van der Waals surface area contributed by atoms with Gasteiger partial charge in [0.15, 0.2) is 0 Å². The molecule has 1 saturated heterocycles. The molecule has 0 unspecified atom stereocenters. The van der Waals surface area contributed by atoms with Gasteiger partial charge in [0, 0.05) is 19.1 Å². The maximum absolute atomic E-state index is 3.55. The van der Waals surface area contributed by atoms with Crippen molar-refractivity contribution >= 4 is 0 Å². The van der Waals surface area contributed by atoms with Gasteiger partial charge >= 0.3 is 0 Å². The molecular weight excluding hydrogens is 196 g/mol. The van der Waals surface area contributed by atoms with Crippen LogP contribution in [0, 0.1) is 6.92 Å². The average Bonchev–Trinajstić information content (AvgIpc) is 2.74. The van der Waals surface area contributed by atoms with Crippen LogP contribution in [0.1, 0.15) is 24.0 Å². The highest BCUT2D eigenvalue weighted by Crippen LogP contribution is 2.11. The number of aryl methyl sites for hydroxylation is 1. The summed E-state index contributed by atoms with van der Waals surface area (Å²) in [4.78, 5) is 2.42. The number of benzene rings is 1. The normalized spacial score (nSPS) is 20.6. The van der Waals surface area contributed by atoms with Crippen LogP contribution in [0.2, 0.25) is 0 Å². The van der Waals surface area contributed by atoms with E-state index in [0.29, 0.717) is 6.04 Å². The molecule has 1 aromatic rings. The lowest BCUT2D eigenvalue weighted by Gasteiger charge is -2.21. The van der Waals surface area contributed by atoms with Crippen LogP contribution in [0.3, 0.4) is 0 Å². The minimum absolute atomic E-state index is 0.703. The largest absolute Gasteiger partial charge is 0.313 e. The van der Waals surface area contributed by atoms with Crippen molar-refractivity contribution < 1.29 is 0 Å². The van der Waals surface area contributed by atoms with Gasteiger partial charge in [-0.1, -0.05) is 24.3 Å². The summed E-state index contributed by atoms with van der Waals surface area (Å²) in [5, 5.41) is 3.55. The van der Waals surface area contributed by atoms with Crippen molar-refractivity contribution in [1.82, 2.24) is 10.2 Å². The molecule has 1 heterocycles. The molecule has 2 heteroatoms. The molecule has 0 aliphatic carbocycles. The number of nitrogens with zero attached hydrogens (tertiary/aromatic N) is 1. The highest BCUT2D eigenvalue weighted by molar-refractivity contribution is 5.25. The van der Waals surface area contributed by atoms with E-state index in [-0.39, 0.29) is 0 Å². The summed E-state index contributed by atoms with van der Waals surface area (Å²) < 4.78 is 0. The lowest BCUT2D eigenvalue weighted by Crippen LogP contribution is -2.35. The third-order valence-electron chi connectivity index (χ3n) is 3.40. The van der Waals surface area contributed by atoms with Crippen molar-refractivity contribution in [2.45, 2.75) is 32.4 Å². The van der Waals surface area contributed by atoms with E-state index < -0.39 is 0 Å². The lowest BCUT2D eigenvalue weighted by molar-refractivity contribution is 0.293. The summed E-state index contributed by atoms with van der Waals surface area (Å²) in [6.45, 7) is 5.61. The molecule has 88 valence electrons. The van der Waals surface area contributed by atoms with Gasteiger partial charge in [-0.05, 0) is 44.5 Å². The molecular formula is C14H22N2. The van der Waals surface area contributed by atoms with E-state index in [4.69, 9.17) is 0 Å². The minimum atomic E-state index is 0.703. The van der Waals surface area contributed by atoms with Crippen LogP contribution < -0.4 is 5.32 Å². The Labute approximate surface area is 98.7 Å². The van der Waals surface area contributed by atoms with Crippen molar-refractivity contribution in [2.75, 3.05) is 20.1 Å². The summed E-state index contributed by atoms with van der Waals surface area (Å²) in [5.41, 5.74) is 2.84. The van der Waals surface area contributed by atoms with E-state index >= 15 is 0 Å². The Morgan fingerprint density at radius 1 is 1.38 bits per heavy atom. The summed E-state index contributed by atoms with van der Waals surface area (Å²) in [7, 11) is 2.21. The standard InChI is InChI=1S/C14H22N2/c1-12-6-3-4-7-13(12)10-16(2)11-14-8-5-9-15-14/h3-4,6-7,14-15H,5,8-11H2,1-2H3/t14-/m0/s1. The molecule has 1 N–H and O–H groups in total. The summed E-state index contributed by atoms with van der Waals surface area (Å²) in [5.74, 6) is 0. The van der Waals surface area contributed by atoms with E-state index in [1.807, 2.05) is 0 Å². The fourth-order valence-corrected chi connectivity index (χ4v) is 2.43. The molecule has 16 heavy (non-hydrogen) atoms. The number of nitrogens with one attached hydrogen (secondary N) is 1. The summed E-state index contributed by atoms with van der Waals surface area (Å²) >= 11 is 0. The topological polar surface area (TPSA) is 15.3 Å². The van der Waals surface area contributed by atoms with E-state index in [0.717, 1.165) is 13.1 Å². The monoisotopic (exact) mass is 218 g/mol. The van der Waals surface area contributed by atoms with E-state index in [1.54, 1.807) is 0 Å². The molecule has 1 aromatic carbocycles. The highest BCUT2D eigenvalue weighted by atomic mass is 15.1. The van der Waals surface area contributed by atoms with Gasteiger partial charge < -0.3 is 10.2 Å². The SMILES string of the molecule is Cc1ccccc1CN(C)C[C@@H]1CCCN1. The third-order valence-corrected chi connectivity index (χ3v) is 3.40. The van der Waals surface area contributed by atoms with Gasteiger partial charge in [0.25, 0.3) is 0 Å². The van der Waals surface area contributed by atoms with Gasteiger partial charge in [0.2, 0.25) is 0 Å². The van der Waals surface area contributed by atoms with Crippen molar-refractivity contribution in [3.05, 3.63) is 35.4 Å². The molecule has 2 nitrogen and oxygen atoms in total. The fourth-order valence-electron chi connectivity index (χ4n) is 2.43. The smallest absolute Gasteiger partial charge is 0.0233 e. The first-order valence-corrected chi connectivity index (χ1v) is 6.22. The van der Waals surface area contributed by atoms with Crippen LogP contribution in [0.5, 0.6) is 0 Å². The predicted molar refractivity (Wildman–Crippen MR) is 68.5 cm³/mol. The van der Waals surface area contributed by atoms with Crippen LogP contribution >= 0.6 is 0 Å². The number of rotatable bonds is 4. The lowest BCUT2D eigenvalue weighted by atomic mass is 10.1. The van der Waals surface area contributed by atoms with Gasteiger partial charge in [0.1, 0.15) is 0 Å². The second-order valence-corrected chi connectivity index (χ2v) is 4.92. The highest BCUT2D eigenvalue weighted by Gasteiger charge is 2.15. The summed E-state index contributed by atoms with van der Waals surface area (Å²) in [6, 6.07) is 9.36. The molecule has 0 bridgehead atoms. The maximum Gasteiger partial charge on any atom is 0.0233 e. The van der Waals surface area contributed by atoms with Gasteiger partial charge in [-0.25, -0.2) is 0 Å². The quantitative estimate of drug-likeness (QED) is 0.833. The van der Waals surface area contributed by atoms with Gasteiger partial charge in [-0.15, -0.1) is 0 Å². The zero-order valence-corrected chi connectivity index (χ0v) is 10.4.